The molecule has 1 aliphatic heterocycles. The Morgan fingerprint density at radius 3 is 2.23 bits per heavy atom. The highest BCUT2D eigenvalue weighted by Crippen LogP contribution is 2.45. The maximum Gasteiger partial charge on any atom is 0.307 e. The molecule has 3 rings (SSSR count). The van der Waals surface area contributed by atoms with Gasteiger partial charge in [-0.1, -0.05) is 60.7 Å². The average molecular weight is 291 g/mol. The summed E-state index contributed by atoms with van der Waals surface area (Å²) in [5, 5.41) is 9.18. The van der Waals surface area contributed by atoms with Crippen LogP contribution in [0.25, 0.3) is 5.57 Å². The van der Waals surface area contributed by atoms with Gasteiger partial charge >= 0.3 is 5.97 Å². The first-order valence-electron chi connectivity index (χ1n) is 7.23. The van der Waals surface area contributed by atoms with Crippen LogP contribution in [0.1, 0.15) is 24.5 Å². The number of carboxylic acid groups (broad SMARTS) is 1. The van der Waals surface area contributed by atoms with Crippen LogP contribution in [0, 0.1) is 0 Å². The molecule has 0 fully saturated rings. The fourth-order valence-electron chi connectivity index (χ4n) is 3.00. The van der Waals surface area contributed by atoms with Gasteiger partial charge in [-0.25, -0.2) is 0 Å². The van der Waals surface area contributed by atoms with Gasteiger partial charge in [0.05, 0.1) is 6.42 Å². The first-order valence-corrected chi connectivity index (χ1v) is 7.23. The molecule has 0 saturated heterocycles. The molecule has 110 valence electrons. The van der Waals surface area contributed by atoms with E-state index in [0.717, 1.165) is 22.3 Å². The maximum absolute atomic E-state index is 11.2. The molecule has 0 bridgehead atoms. The van der Waals surface area contributed by atoms with Gasteiger partial charge in [0.2, 0.25) is 0 Å². The smallest absolute Gasteiger partial charge is 0.307 e. The van der Waals surface area contributed by atoms with Crippen molar-refractivity contribution in [3.8, 4) is 0 Å². The van der Waals surface area contributed by atoms with E-state index in [1.807, 2.05) is 67.6 Å². The van der Waals surface area contributed by atoms with Crippen molar-refractivity contribution >= 4 is 17.8 Å². The number of carboxylic acids is 1. The standard InChI is InChI=1S/C19H17NO2/c1-19(16-10-6-3-7-11-16)18(14-8-4-2-5-9-14)15(13-20-19)12-17(21)22/h2-11,13H,12H2,1H3,(H,21,22). The zero-order chi connectivity index (χ0) is 15.6. The molecule has 1 atom stereocenters. The molecule has 1 aliphatic rings. The molecule has 0 saturated carbocycles. The number of nitrogens with zero attached hydrogens (tertiary/aromatic N) is 1. The van der Waals surface area contributed by atoms with Crippen LogP contribution in [0.15, 0.2) is 71.2 Å². The summed E-state index contributed by atoms with van der Waals surface area (Å²) < 4.78 is 0. The van der Waals surface area contributed by atoms with Gasteiger partial charge in [-0.05, 0) is 29.2 Å². The lowest BCUT2D eigenvalue weighted by molar-refractivity contribution is -0.136. The van der Waals surface area contributed by atoms with Gasteiger partial charge in [0, 0.05) is 6.21 Å². The van der Waals surface area contributed by atoms with Crippen molar-refractivity contribution in [2.75, 3.05) is 0 Å². The van der Waals surface area contributed by atoms with Crippen molar-refractivity contribution in [1.82, 2.24) is 0 Å². The number of aliphatic carboxylic acids is 1. The second-order valence-corrected chi connectivity index (χ2v) is 5.53. The monoisotopic (exact) mass is 291 g/mol. The largest absolute Gasteiger partial charge is 0.481 e. The minimum atomic E-state index is -0.841. The normalized spacial score (nSPS) is 20.4. The van der Waals surface area contributed by atoms with Gasteiger partial charge in [-0.15, -0.1) is 0 Å². The van der Waals surface area contributed by atoms with Crippen molar-refractivity contribution in [1.29, 1.82) is 0 Å². The third kappa shape index (κ3) is 2.46. The van der Waals surface area contributed by atoms with Crippen molar-refractivity contribution in [2.45, 2.75) is 18.9 Å². The molecule has 1 N–H and O–H groups in total. The first kappa shape index (κ1) is 14.3. The Labute approximate surface area is 129 Å². The summed E-state index contributed by atoms with van der Waals surface area (Å²) in [6, 6.07) is 19.9. The van der Waals surface area contributed by atoms with Crippen molar-refractivity contribution < 1.29 is 9.90 Å². The van der Waals surface area contributed by atoms with E-state index in [4.69, 9.17) is 0 Å². The minimum Gasteiger partial charge on any atom is -0.481 e. The van der Waals surface area contributed by atoms with Crippen molar-refractivity contribution in [3.05, 3.63) is 77.4 Å². The third-order valence-corrected chi connectivity index (χ3v) is 4.03. The predicted octanol–water partition coefficient (Wildman–Crippen LogP) is 3.91. The van der Waals surface area contributed by atoms with Gasteiger partial charge in [-0.2, -0.15) is 0 Å². The van der Waals surface area contributed by atoms with Crippen molar-refractivity contribution in [2.24, 2.45) is 4.99 Å². The fourth-order valence-corrected chi connectivity index (χ4v) is 3.00. The highest BCUT2D eigenvalue weighted by molar-refractivity contribution is 6.02. The van der Waals surface area contributed by atoms with Crippen LogP contribution in [-0.4, -0.2) is 17.3 Å². The van der Waals surface area contributed by atoms with E-state index < -0.39 is 11.5 Å². The quantitative estimate of drug-likeness (QED) is 0.928. The Morgan fingerprint density at radius 2 is 1.64 bits per heavy atom. The lowest BCUT2D eigenvalue weighted by atomic mass is 9.80. The maximum atomic E-state index is 11.2. The molecule has 0 aliphatic carbocycles. The number of rotatable bonds is 4. The summed E-state index contributed by atoms with van der Waals surface area (Å²) in [5.41, 5.74) is 3.27. The van der Waals surface area contributed by atoms with Gasteiger partial charge in [-0.3, -0.25) is 9.79 Å². The first-order chi connectivity index (χ1) is 10.6. The molecule has 2 aromatic rings. The molecule has 3 nitrogen and oxygen atoms in total. The van der Waals surface area contributed by atoms with Crippen LogP contribution in [0.3, 0.4) is 0 Å². The average Bonchev–Trinajstić information content (AvgIpc) is 2.86. The Kier molecular flexibility index (Phi) is 3.63. The van der Waals surface area contributed by atoms with Gasteiger partial charge < -0.3 is 5.11 Å². The summed E-state index contributed by atoms with van der Waals surface area (Å²) in [6.07, 6.45) is 1.69. The zero-order valence-corrected chi connectivity index (χ0v) is 12.4. The second-order valence-electron chi connectivity index (χ2n) is 5.53. The molecule has 1 unspecified atom stereocenters. The Balaban J connectivity index is 2.17. The van der Waals surface area contributed by atoms with E-state index in [0.29, 0.717) is 0 Å². The van der Waals surface area contributed by atoms with Crippen LogP contribution in [-0.2, 0) is 10.3 Å². The molecule has 3 heteroatoms. The topological polar surface area (TPSA) is 49.7 Å². The van der Waals surface area contributed by atoms with Crippen LogP contribution < -0.4 is 0 Å². The molecular weight excluding hydrogens is 274 g/mol. The van der Waals surface area contributed by atoms with E-state index in [1.54, 1.807) is 6.21 Å². The van der Waals surface area contributed by atoms with E-state index in [1.165, 1.54) is 0 Å². The summed E-state index contributed by atoms with van der Waals surface area (Å²) in [7, 11) is 0. The Hall–Kier alpha value is -2.68. The third-order valence-electron chi connectivity index (χ3n) is 4.03. The molecule has 0 spiro atoms. The molecular formula is C19H17NO2. The van der Waals surface area contributed by atoms with Crippen LogP contribution >= 0.6 is 0 Å². The number of carbonyl (C=O) groups is 1. The molecule has 0 amide bonds. The van der Waals surface area contributed by atoms with E-state index in [9.17, 15) is 9.90 Å². The Bertz CT molecular complexity index is 748. The highest BCUT2D eigenvalue weighted by Gasteiger charge is 2.37. The van der Waals surface area contributed by atoms with Crippen LogP contribution in [0.2, 0.25) is 0 Å². The summed E-state index contributed by atoms with van der Waals surface area (Å²) in [5.74, 6) is -0.841. The molecule has 0 radical (unpaired) electrons. The van der Waals surface area contributed by atoms with Gasteiger partial charge in [0.15, 0.2) is 0 Å². The van der Waals surface area contributed by atoms with Crippen LogP contribution in [0.5, 0.6) is 0 Å². The van der Waals surface area contributed by atoms with E-state index in [2.05, 4.69) is 4.99 Å². The number of benzene rings is 2. The SMILES string of the molecule is CC1(c2ccccc2)N=CC(CC(=O)O)=C1c1ccccc1. The molecule has 2 aromatic carbocycles. The molecule has 22 heavy (non-hydrogen) atoms. The predicted molar refractivity (Wildman–Crippen MR) is 87.9 cm³/mol. The zero-order valence-electron chi connectivity index (χ0n) is 12.4. The fraction of sp³-hybridized carbons (Fsp3) is 0.158. The number of hydrogen-bond donors (Lipinski definition) is 1. The Morgan fingerprint density at radius 1 is 1.05 bits per heavy atom. The van der Waals surface area contributed by atoms with Crippen LogP contribution in [0.4, 0.5) is 0 Å². The molecule has 1 heterocycles. The van der Waals surface area contributed by atoms with E-state index in [-0.39, 0.29) is 6.42 Å². The van der Waals surface area contributed by atoms with Gasteiger partial charge in [0.1, 0.15) is 5.54 Å². The lowest BCUT2D eigenvalue weighted by Crippen LogP contribution is -2.19. The summed E-state index contributed by atoms with van der Waals surface area (Å²) in [6.45, 7) is 2.04. The summed E-state index contributed by atoms with van der Waals surface area (Å²) >= 11 is 0. The number of hydrogen-bond acceptors (Lipinski definition) is 2. The van der Waals surface area contributed by atoms with Gasteiger partial charge in [0.25, 0.3) is 0 Å². The summed E-state index contributed by atoms with van der Waals surface area (Å²) in [4.78, 5) is 15.9. The second kappa shape index (κ2) is 5.60. The molecule has 0 aromatic heterocycles. The highest BCUT2D eigenvalue weighted by atomic mass is 16.4. The lowest BCUT2D eigenvalue weighted by Gasteiger charge is -2.27. The van der Waals surface area contributed by atoms with Crippen molar-refractivity contribution in [3.63, 3.8) is 0 Å². The number of aliphatic imine (C=N–C) groups is 1. The van der Waals surface area contributed by atoms with E-state index >= 15 is 0 Å². The minimum absolute atomic E-state index is 0.0177.